The summed E-state index contributed by atoms with van der Waals surface area (Å²) in [6.07, 6.45) is 2.57. The highest BCUT2D eigenvalue weighted by atomic mass is 16.3. The Labute approximate surface area is 174 Å². The Morgan fingerprint density at radius 1 is 1.10 bits per heavy atom. The van der Waals surface area contributed by atoms with E-state index in [1.54, 1.807) is 0 Å². The monoisotopic (exact) mass is 398 g/mol. The van der Waals surface area contributed by atoms with Gasteiger partial charge < -0.3 is 21.1 Å². The van der Waals surface area contributed by atoms with Crippen LogP contribution in [0, 0.1) is 0 Å². The van der Waals surface area contributed by atoms with Gasteiger partial charge in [0.25, 0.3) is 0 Å². The summed E-state index contributed by atoms with van der Waals surface area (Å²) in [5.74, 6) is 0.927. The normalized spacial score (nSPS) is 16.7. The van der Waals surface area contributed by atoms with Crippen LogP contribution < -0.4 is 11.1 Å². The van der Waals surface area contributed by atoms with E-state index >= 15 is 0 Å². The van der Waals surface area contributed by atoms with Gasteiger partial charge in [-0.3, -0.25) is 4.90 Å². The molecule has 1 atom stereocenters. The maximum atomic E-state index is 9.51. The first-order valence-electron chi connectivity index (χ1n) is 10.5. The number of hydrogen-bond acceptors (Lipinski definition) is 7. The molecule has 1 saturated heterocycles. The summed E-state index contributed by atoms with van der Waals surface area (Å²) in [6.45, 7) is 7.70. The van der Waals surface area contributed by atoms with Gasteiger partial charge in [0.1, 0.15) is 5.82 Å². The van der Waals surface area contributed by atoms with Crippen molar-refractivity contribution in [1.29, 1.82) is 0 Å². The number of nitrogens with two attached hydrogens (primary N) is 1. The Morgan fingerprint density at radius 3 is 2.45 bits per heavy atom. The fourth-order valence-electron chi connectivity index (χ4n) is 3.68. The highest BCUT2D eigenvalue weighted by Gasteiger charge is 2.14. The first-order valence-corrected chi connectivity index (χ1v) is 10.5. The summed E-state index contributed by atoms with van der Waals surface area (Å²) in [7, 11) is 2.18. The molecule has 0 saturated carbocycles. The molecule has 1 aromatic carbocycles. The first kappa shape index (κ1) is 21.5. The van der Waals surface area contributed by atoms with Crippen LogP contribution in [0.25, 0.3) is 0 Å². The van der Waals surface area contributed by atoms with Crippen LogP contribution in [0.2, 0.25) is 0 Å². The van der Waals surface area contributed by atoms with Crippen LogP contribution in [0.1, 0.15) is 36.6 Å². The van der Waals surface area contributed by atoms with E-state index in [0.29, 0.717) is 12.2 Å². The number of nitrogens with one attached hydrogen (secondary N) is 1. The number of rotatable bonds is 9. The van der Waals surface area contributed by atoms with E-state index in [0.717, 1.165) is 51.3 Å². The highest BCUT2D eigenvalue weighted by Crippen LogP contribution is 2.16. The molecule has 7 heteroatoms. The third-order valence-electron chi connectivity index (χ3n) is 5.42. The summed E-state index contributed by atoms with van der Waals surface area (Å²) in [6, 6.07) is 10.7. The predicted octanol–water partition coefficient (Wildman–Crippen LogP) is 1.97. The molecule has 0 unspecified atom stereocenters. The van der Waals surface area contributed by atoms with Gasteiger partial charge >= 0.3 is 0 Å². The van der Waals surface area contributed by atoms with Crippen molar-refractivity contribution in [2.24, 2.45) is 0 Å². The lowest BCUT2D eigenvalue weighted by molar-refractivity contribution is 0.148. The first-order chi connectivity index (χ1) is 14.1. The van der Waals surface area contributed by atoms with E-state index in [1.807, 2.05) is 6.07 Å². The Kier molecular flexibility index (Phi) is 7.80. The van der Waals surface area contributed by atoms with Crippen molar-refractivity contribution in [2.75, 3.05) is 50.9 Å². The maximum absolute atomic E-state index is 9.51. The van der Waals surface area contributed by atoms with Gasteiger partial charge in [-0.1, -0.05) is 37.6 Å². The van der Waals surface area contributed by atoms with Crippen molar-refractivity contribution in [3.05, 3.63) is 47.2 Å². The zero-order valence-corrected chi connectivity index (χ0v) is 17.6. The standard InChI is InChI=1S/C22H34N6O/c1-3-4-19(16-29)24-21-14-20(25-22(23)26-21)13-17-5-7-18(8-6-17)15-28-11-9-27(2)10-12-28/h5-8,14,19,29H,3-4,9-13,15-16H2,1-2H3,(H3,23,24,25,26)/t19-/m0/s1. The quantitative estimate of drug-likeness (QED) is 0.595. The maximum Gasteiger partial charge on any atom is 0.222 e. The summed E-state index contributed by atoms with van der Waals surface area (Å²) < 4.78 is 0. The van der Waals surface area contributed by atoms with Gasteiger partial charge in [-0.25, -0.2) is 4.98 Å². The van der Waals surface area contributed by atoms with E-state index in [1.165, 1.54) is 11.1 Å². The summed E-state index contributed by atoms with van der Waals surface area (Å²) in [5.41, 5.74) is 9.32. The second-order valence-corrected chi connectivity index (χ2v) is 7.99. The van der Waals surface area contributed by atoms with Crippen LogP contribution in [0.3, 0.4) is 0 Å². The lowest BCUT2D eigenvalue weighted by atomic mass is 10.1. The molecule has 1 aromatic heterocycles. The van der Waals surface area contributed by atoms with E-state index in [4.69, 9.17) is 5.73 Å². The van der Waals surface area contributed by atoms with Crippen molar-refractivity contribution in [3.63, 3.8) is 0 Å². The summed E-state index contributed by atoms with van der Waals surface area (Å²) >= 11 is 0. The summed E-state index contributed by atoms with van der Waals surface area (Å²) in [5, 5.41) is 12.8. The third-order valence-corrected chi connectivity index (χ3v) is 5.42. The van der Waals surface area contributed by atoms with E-state index in [2.05, 4.69) is 63.3 Å². The third kappa shape index (κ3) is 6.66. The van der Waals surface area contributed by atoms with Crippen molar-refractivity contribution >= 4 is 11.8 Å². The molecule has 0 amide bonds. The molecular weight excluding hydrogens is 364 g/mol. The van der Waals surface area contributed by atoms with Gasteiger partial charge in [-0.15, -0.1) is 0 Å². The lowest BCUT2D eigenvalue weighted by Crippen LogP contribution is -2.43. The fraction of sp³-hybridized carbons (Fsp3) is 0.545. The van der Waals surface area contributed by atoms with Crippen LogP contribution in [0.4, 0.5) is 11.8 Å². The van der Waals surface area contributed by atoms with E-state index in [-0.39, 0.29) is 18.6 Å². The van der Waals surface area contributed by atoms with Crippen molar-refractivity contribution in [1.82, 2.24) is 19.8 Å². The lowest BCUT2D eigenvalue weighted by Gasteiger charge is -2.32. The molecule has 2 aromatic rings. The zero-order chi connectivity index (χ0) is 20.6. The van der Waals surface area contributed by atoms with Gasteiger partial charge in [-0.05, 0) is 24.6 Å². The van der Waals surface area contributed by atoms with E-state index in [9.17, 15) is 5.11 Å². The molecule has 1 fully saturated rings. The van der Waals surface area contributed by atoms with E-state index < -0.39 is 0 Å². The van der Waals surface area contributed by atoms with Gasteiger partial charge in [0, 0.05) is 45.2 Å². The Balaban J connectivity index is 1.60. The van der Waals surface area contributed by atoms with Crippen LogP contribution in [-0.4, -0.2) is 70.7 Å². The molecule has 4 N–H and O–H groups in total. The Hall–Kier alpha value is -2.22. The molecule has 158 valence electrons. The topological polar surface area (TPSA) is 90.5 Å². The number of benzene rings is 1. The van der Waals surface area contributed by atoms with Crippen molar-refractivity contribution in [2.45, 2.75) is 38.8 Å². The predicted molar refractivity (Wildman–Crippen MR) is 118 cm³/mol. The minimum Gasteiger partial charge on any atom is -0.394 e. The minimum atomic E-state index is -0.0176. The van der Waals surface area contributed by atoms with Crippen LogP contribution in [0.15, 0.2) is 30.3 Å². The fourth-order valence-corrected chi connectivity index (χ4v) is 3.68. The molecule has 1 aliphatic heterocycles. The zero-order valence-electron chi connectivity index (χ0n) is 17.6. The number of nitrogen functional groups attached to an aromatic ring is 1. The van der Waals surface area contributed by atoms with Crippen LogP contribution in [-0.2, 0) is 13.0 Å². The highest BCUT2D eigenvalue weighted by molar-refractivity contribution is 5.42. The van der Waals surface area contributed by atoms with Crippen molar-refractivity contribution in [3.8, 4) is 0 Å². The molecule has 7 nitrogen and oxygen atoms in total. The van der Waals surface area contributed by atoms with Crippen LogP contribution >= 0.6 is 0 Å². The second kappa shape index (κ2) is 10.5. The van der Waals surface area contributed by atoms with Gasteiger partial charge in [0.15, 0.2) is 0 Å². The second-order valence-electron chi connectivity index (χ2n) is 7.99. The van der Waals surface area contributed by atoms with Gasteiger partial charge in [0.2, 0.25) is 5.95 Å². The number of aliphatic hydroxyl groups excluding tert-OH is 1. The molecule has 0 bridgehead atoms. The molecular formula is C22H34N6O. The average Bonchev–Trinajstić information content (AvgIpc) is 2.70. The Morgan fingerprint density at radius 2 is 1.79 bits per heavy atom. The molecule has 29 heavy (non-hydrogen) atoms. The number of hydrogen-bond donors (Lipinski definition) is 3. The number of aliphatic hydroxyl groups is 1. The Bertz CT molecular complexity index is 758. The molecule has 0 aliphatic carbocycles. The molecule has 0 spiro atoms. The minimum absolute atomic E-state index is 0.0176. The SMILES string of the molecule is CCC[C@@H](CO)Nc1cc(Cc2ccc(CN3CCN(C)CC3)cc2)nc(N)n1. The molecule has 0 radical (unpaired) electrons. The molecule has 2 heterocycles. The number of aromatic nitrogens is 2. The number of likely N-dealkylation sites (N-methyl/N-ethyl adjacent to an activating group) is 1. The number of piperazine rings is 1. The average molecular weight is 399 g/mol. The molecule has 1 aliphatic rings. The van der Waals surface area contributed by atoms with Gasteiger partial charge in [-0.2, -0.15) is 4.98 Å². The van der Waals surface area contributed by atoms with Gasteiger partial charge in [0.05, 0.1) is 18.3 Å². The number of nitrogens with zero attached hydrogens (tertiary/aromatic N) is 4. The van der Waals surface area contributed by atoms with Crippen molar-refractivity contribution < 1.29 is 5.11 Å². The number of anilines is 2. The summed E-state index contributed by atoms with van der Waals surface area (Å²) in [4.78, 5) is 13.5. The van der Waals surface area contributed by atoms with Crippen LogP contribution in [0.5, 0.6) is 0 Å². The largest absolute Gasteiger partial charge is 0.394 e. The smallest absolute Gasteiger partial charge is 0.222 e. The molecule has 3 rings (SSSR count).